The molecule has 0 radical (unpaired) electrons. The third-order valence-electron chi connectivity index (χ3n) is 4.03. The van der Waals surface area contributed by atoms with Crippen LogP contribution in [0, 0.1) is 10.1 Å². The molecule has 1 fully saturated rings. The van der Waals surface area contributed by atoms with Gasteiger partial charge in [0.2, 0.25) is 10.0 Å². The van der Waals surface area contributed by atoms with Gasteiger partial charge in [-0.1, -0.05) is 29.3 Å². The number of halogens is 2. The van der Waals surface area contributed by atoms with Crippen LogP contribution in [-0.2, 0) is 10.0 Å². The molecule has 9 nitrogen and oxygen atoms in total. The molecule has 144 valence electrons. The average molecular weight is 434 g/mol. The number of sulfonamides is 1. The van der Waals surface area contributed by atoms with Crippen molar-refractivity contribution in [1.29, 1.82) is 0 Å². The fourth-order valence-corrected chi connectivity index (χ4v) is 5.20. The molecule has 1 aromatic heterocycles. The van der Waals surface area contributed by atoms with Crippen LogP contribution in [0.4, 0.5) is 5.88 Å². The molecular weight excluding hydrogens is 421 g/mol. The Kier molecular flexibility index (Phi) is 5.43. The predicted molar refractivity (Wildman–Crippen MR) is 96.5 cm³/mol. The summed E-state index contributed by atoms with van der Waals surface area (Å²) >= 11 is 12.0. The van der Waals surface area contributed by atoms with Crippen molar-refractivity contribution in [3.8, 4) is 0 Å². The van der Waals surface area contributed by atoms with Gasteiger partial charge in [-0.05, 0) is 18.2 Å². The number of furan rings is 1. The maximum Gasteiger partial charge on any atom is 0.433 e. The topological polar surface area (TPSA) is 114 Å². The first kappa shape index (κ1) is 19.6. The molecule has 3 rings (SSSR count). The molecule has 1 aromatic carbocycles. The molecule has 0 unspecified atom stereocenters. The highest BCUT2D eigenvalue weighted by atomic mass is 35.5. The first-order chi connectivity index (χ1) is 12.7. The van der Waals surface area contributed by atoms with Gasteiger partial charge >= 0.3 is 5.88 Å². The van der Waals surface area contributed by atoms with E-state index >= 15 is 0 Å². The van der Waals surface area contributed by atoms with Crippen LogP contribution >= 0.6 is 23.2 Å². The van der Waals surface area contributed by atoms with E-state index in [2.05, 4.69) is 0 Å². The van der Waals surface area contributed by atoms with Crippen LogP contribution in [0.5, 0.6) is 0 Å². The lowest BCUT2D eigenvalue weighted by Crippen LogP contribution is -2.50. The standard InChI is InChI=1S/C15H13Cl2N3O6S/c16-10-2-1-3-11(17)14(10)27(24,25)19-8-6-18(7-9-19)15(21)12-4-5-13(26-12)20(22)23/h1-5H,6-9H2. The van der Waals surface area contributed by atoms with Crippen molar-refractivity contribution < 1.29 is 22.6 Å². The first-order valence-electron chi connectivity index (χ1n) is 7.69. The summed E-state index contributed by atoms with van der Waals surface area (Å²) in [7, 11) is -3.93. The Morgan fingerprint density at radius 2 is 1.67 bits per heavy atom. The molecule has 0 N–H and O–H groups in total. The molecule has 0 aliphatic carbocycles. The van der Waals surface area contributed by atoms with E-state index in [4.69, 9.17) is 27.6 Å². The minimum Gasteiger partial charge on any atom is -0.395 e. The molecule has 0 bridgehead atoms. The van der Waals surface area contributed by atoms with Gasteiger partial charge < -0.3 is 9.32 Å². The number of nitrogens with zero attached hydrogens (tertiary/aromatic N) is 3. The summed E-state index contributed by atoms with van der Waals surface area (Å²) < 4.78 is 31.7. The van der Waals surface area contributed by atoms with E-state index in [0.29, 0.717) is 0 Å². The van der Waals surface area contributed by atoms with E-state index in [-0.39, 0.29) is 46.9 Å². The summed E-state index contributed by atoms with van der Waals surface area (Å²) in [6.45, 7) is 0.236. The van der Waals surface area contributed by atoms with Gasteiger partial charge in [0.05, 0.1) is 16.1 Å². The minimum atomic E-state index is -3.93. The molecule has 1 aliphatic heterocycles. The van der Waals surface area contributed by atoms with Crippen LogP contribution in [0.1, 0.15) is 10.6 Å². The molecular formula is C15H13Cl2N3O6S. The zero-order valence-corrected chi connectivity index (χ0v) is 16.0. The second-order valence-corrected chi connectivity index (χ2v) is 8.33. The maximum absolute atomic E-state index is 12.8. The van der Waals surface area contributed by atoms with Gasteiger partial charge in [-0.25, -0.2) is 8.42 Å². The molecule has 12 heteroatoms. The van der Waals surface area contributed by atoms with Gasteiger partial charge in [0.1, 0.15) is 9.82 Å². The number of hydrogen-bond donors (Lipinski definition) is 0. The van der Waals surface area contributed by atoms with E-state index < -0.39 is 26.7 Å². The Morgan fingerprint density at radius 3 is 2.19 bits per heavy atom. The highest BCUT2D eigenvalue weighted by Gasteiger charge is 2.34. The highest BCUT2D eigenvalue weighted by molar-refractivity contribution is 7.89. The van der Waals surface area contributed by atoms with Crippen molar-refractivity contribution >= 4 is 45.0 Å². The smallest absolute Gasteiger partial charge is 0.395 e. The van der Waals surface area contributed by atoms with Gasteiger partial charge in [0.15, 0.2) is 5.76 Å². The first-order valence-corrected chi connectivity index (χ1v) is 9.89. The molecule has 1 saturated heterocycles. The summed E-state index contributed by atoms with van der Waals surface area (Å²) in [4.78, 5) is 23.5. The largest absolute Gasteiger partial charge is 0.433 e. The lowest BCUT2D eigenvalue weighted by molar-refractivity contribution is -0.402. The Bertz CT molecular complexity index is 978. The van der Waals surface area contributed by atoms with Crippen LogP contribution in [-0.4, -0.2) is 54.6 Å². The Labute approximate surface area is 164 Å². The Hall–Kier alpha value is -2.14. The molecule has 2 aromatic rings. The maximum atomic E-state index is 12.8. The fraction of sp³-hybridized carbons (Fsp3) is 0.267. The third-order valence-corrected chi connectivity index (χ3v) is 6.88. The van der Waals surface area contributed by atoms with Crippen LogP contribution < -0.4 is 0 Å². The lowest BCUT2D eigenvalue weighted by atomic mass is 10.3. The van der Waals surface area contributed by atoms with Crippen LogP contribution in [0.3, 0.4) is 0 Å². The summed E-state index contributed by atoms with van der Waals surface area (Å²) in [5, 5.41) is 10.7. The van der Waals surface area contributed by atoms with Crippen LogP contribution in [0.2, 0.25) is 10.0 Å². The van der Waals surface area contributed by atoms with Crippen molar-refractivity contribution in [2.24, 2.45) is 0 Å². The second-order valence-electron chi connectivity index (χ2n) is 5.64. The van der Waals surface area contributed by atoms with Crippen molar-refractivity contribution in [2.45, 2.75) is 4.90 Å². The molecule has 0 spiro atoms. The Balaban J connectivity index is 1.73. The van der Waals surface area contributed by atoms with E-state index in [9.17, 15) is 23.3 Å². The van der Waals surface area contributed by atoms with Crippen LogP contribution in [0.25, 0.3) is 0 Å². The number of hydrogen-bond acceptors (Lipinski definition) is 6. The monoisotopic (exact) mass is 433 g/mol. The number of nitro groups is 1. The zero-order chi connectivity index (χ0) is 19.8. The fourth-order valence-electron chi connectivity index (χ4n) is 2.69. The number of amides is 1. The van der Waals surface area contributed by atoms with Gasteiger partial charge in [-0.3, -0.25) is 14.9 Å². The highest BCUT2D eigenvalue weighted by Crippen LogP contribution is 2.32. The normalized spacial score (nSPS) is 15.7. The second kappa shape index (κ2) is 7.47. The summed E-state index contributed by atoms with van der Waals surface area (Å²) in [6, 6.07) is 6.72. The van der Waals surface area contributed by atoms with E-state index in [1.807, 2.05) is 0 Å². The SMILES string of the molecule is O=C(c1ccc([N+](=O)[O-])o1)N1CCN(S(=O)(=O)c2c(Cl)cccc2Cl)CC1. The minimum absolute atomic E-state index is 0.0175. The van der Waals surface area contributed by atoms with Crippen molar-refractivity contribution in [2.75, 3.05) is 26.2 Å². The third kappa shape index (κ3) is 3.79. The molecule has 0 atom stereocenters. The van der Waals surface area contributed by atoms with E-state index in [1.54, 1.807) is 6.07 Å². The lowest BCUT2D eigenvalue weighted by Gasteiger charge is -2.33. The number of benzene rings is 1. The van der Waals surface area contributed by atoms with E-state index in [1.165, 1.54) is 27.4 Å². The zero-order valence-electron chi connectivity index (χ0n) is 13.7. The summed E-state index contributed by atoms with van der Waals surface area (Å²) in [6.07, 6.45) is 0. The summed E-state index contributed by atoms with van der Waals surface area (Å²) in [5.41, 5.74) is 0. The van der Waals surface area contributed by atoms with Crippen molar-refractivity contribution in [3.63, 3.8) is 0 Å². The quantitative estimate of drug-likeness (QED) is 0.540. The van der Waals surface area contributed by atoms with Crippen molar-refractivity contribution in [3.05, 3.63) is 56.3 Å². The predicted octanol–water partition coefficient (Wildman–Crippen LogP) is 2.64. The van der Waals surface area contributed by atoms with E-state index in [0.717, 1.165) is 6.07 Å². The number of carbonyl (C=O) groups is 1. The van der Waals surface area contributed by atoms with Crippen molar-refractivity contribution in [1.82, 2.24) is 9.21 Å². The van der Waals surface area contributed by atoms with Crippen LogP contribution in [0.15, 0.2) is 39.6 Å². The number of piperazine rings is 1. The molecule has 1 aliphatic rings. The average Bonchev–Trinajstić information content (AvgIpc) is 3.11. The molecule has 1 amide bonds. The Morgan fingerprint density at radius 1 is 1.07 bits per heavy atom. The number of carbonyl (C=O) groups excluding carboxylic acids is 1. The molecule has 27 heavy (non-hydrogen) atoms. The van der Waals surface area contributed by atoms with Gasteiger partial charge in [-0.2, -0.15) is 4.31 Å². The summed E-state index contributed by atoms with van der Waals surface area (Å²) in [5.74, 6) is -1.25. The molecule has 2 heterocycles. The number of rotatable bonds is 4. The van der Waals surface area contributed by atoms with Gasteiger partial charge in [0, 0.05) is 26.2 Å². The van der Waals surface area contributed by atoms with Gasteiger partial charge in [-0.15, -0.1) is 0 Å². The van der Waals surface area contributed by atoms with Gasteiger partial charge in [0.25, 0.3) is 5.91 Å². The molecule has 0 saturated carbocycles.